The molecule has 0 saturated carbocycles. The highest BCUT2D eigenvalue weighted by Crippen LogP contribution is 2.11. The van der Waals surface area contributed by atoms with Crippen LogP contribution in [0.1, 0.15) is 17.8 Å². The summed E-state index contributed by atoms with van der Waals surface area (Å²) in [7, 11) is 0. The van der Waals surface area contributed by atoms with Gasteiger partial charge in [-0.15, -0.1) is 5.10 Å². The predicted octanol–water partition coefficient (Wildman–Crippen LogP) is 0.778. The van der Waals surface area contributed by atoms with Crippen LogP contribution in [0.4, 0.5) is 5.69 Å². The van der Waals surface area contributed by atoms with Crippen molar-refractivity contribution in [3.63, 3.8) is 0 Å². The van der Waals surface area contributed by atoms with Crippen LogP contribution in [-0.2, 0) is 19.6 Å². The molecule has 0 saturated heterocycles. The Hall–Kier alpha value is -1.95. The molecule has 0 aliphatic carbocycles. The van der Waals surface area contributed by atoms with Crippen molar-refractivity contribution in [3.8, 4) is 0 Å². The summed E-state index contributed by atoms with van der Waals surface area (Å²) in [5.74, 6) is 0. The quantitative estimate of drug-likeness (QED) is 0.835. The van der Waals surface area contributed by atoms with E-state index in [1.807, 2.05) is 16.8 Å². The minimum Gasteiger partial charge on any atom is -0.378 e. The third-order valence-corrected chi connectivity index (χ3v) is 3.06. The smallest absolute Gasteiger partial charge is 0.106 e. The van der Waals surface area contributed by atoms with Gasteiger partial charge in [0.25, 0.3) is 0 Å². The maximum absolute atomic E-state index is 4.24. The molecule has 94 valence electrons. The number of hydrogen-bond donors (Lipinski definition) is 2. The molecule has 3 heterocycles. The summed E-state index contributed by atoms with van der Waals surface area (Å²) in [5.41, 5.74) is 3.19. The zero-order chi connectivity index (χ0) is 12.2. The molecule has 6 heteroatoms. The van der Waals surface area contributed by atoms with Gasteiger partial charge in [0.2, 0.25) is 0 Å². The number of nitrogens with zero attached hydrogens (tertiary/aromatic N) is 4. The average Bonchev–Trinajstić information content (AvgIpc) is 2.65. The number of rotatable bonds is 3. The lowest BCUT2D eigenvalue weighted by molar-refractivity contribution is 0.566. The number of hydrogen-bond acceptors (Lipinski definition) is 5. The number of nitrogens with one attached hydrogen (secondary N) is 2. The van der Waals surface area contributed by atoms with Crippen molar-refractivity contribution in [1.82, 2.24) is 25.3 Å². The Labute approximate surface area is 105 Å². The molecule has 0 unspecified atom stereocenters. The van der Waals surface area contributed by atoms with Crippen LogP contribution in [0.2, 0.25) is 0 Å². The molecule has 3 rings (SSSR count). The first-order valence-corrected chi connectivity index (χ1v) is 6.19. The average molecular weight is 244 g/mol. The fourth-order valence-electron chi connectivity index (χ4n) is 2.09. The number of fused-ring (bicyclic) bond motifs is 1. The predicted molar refractivity (Wildman–Crippen MR) is 67.9 cm³/mol. The van der Waals surface area contributed by atoms with E-state index < -0.39 is 0 Å². The fourth-order valence-corrected chi connectivity index (χ4v) is 2.09. The molecule has 2 aromatic rings. The lowest BCUT2D eigenvalue weighted by atomic mass is 10.3. The Bertz CT molecular complexity index is 507. The Morgan fingerprint density at radius 1 is 1.44 bits per heavy atom. The van der Waals surface area contributed by atoms with Crippen molar-refractivity contribution < 1.29 is 0 Å². The summed E-state index contributed by atoms with van der Waals surface area (Å²) in [6.45, 7) is 3.51. The summed E-state index contributed by atoms with van der Waals surface area (Å²) in [5, 5.41) is 15.1. The highest BCUT2D eigenvalue weighted by atomic mass is 15.4. The van der Waals surface area contributed by atoms with Crippen LogP contribution in [0.25, 0.3) is 0 Å². The van der Waals surface area contributed by atoms with Crippen molar-refractivity contribution in [2.75, 3.05) is 11.9 Å². The van der Waals surface area contributed by atoms with Gasteiger partial charge in [-0.05, 0) is 25.1 Å². The maximum atomic E-state index is 4.24. The molecule has 0 bridgehead atoms. The number of aromatic nitrogens is 4. The van der Waals surface area contributed by atoms with E-state index in [1.165, 1.54) is 5.69 Å². The van der Waals surface area contributed by atoms with Gasteiger partial charge in [-0.3, -0.25) is 4.98 Å². The van der Waals surface area contributed by atoms with E-state index in [0.29, 0.717) is 6.54 Å². The zero-order valence-corrected chi connectivity index (χ0v) is 10.1. The van der Waals surface area contributed by atoms with Crippen LogP contribution < -0.4 is 10.6 Å². The van der Waals surface area contributed by atoms with Crippen molar-refractivity contribution in [3.05, 3.63) is 35.9 Å². The van der Waals surface area contributed by atoms with Gasteiger partial charge in [-0.25, -0.2) is 4.68 Å². The lowest BCUT2D eigenvalue weighted by Gasteiger charge is -2.06. The molecule has 1 aliphatic rings. The first-order chi connectivity index (χ1) is 8.93. The van der Waals surface area contributed by atoms with Crippen LogP contribution in [0.3, 0.4) is 0 Å². The Balaban J connectivity index is 1.72. The second-order valence-electron chi connectivity index (χ2n) is 4.33. The normalized spacial score (nSPS) is 14.9. The van der Waals surface area contributed by atoms with E-state index >= 15 is 0 Å². The number of aryl methyl sites for hydroxylation is 1. The first-order valence-electron chi connectivity index (χ1n) is 6.19. The van der Waals surface area contributed by atoms with E-state index in [4.69, 9.17) is 0 Å². The summed E-state index contributed by atoms with van der Waals surface area (Å²) < 4.78 is 2.00. The number of pyridine rings is 1. The van der Waals surface area contributed by atoms with Gasteiger partial charge in [0, 0.05) is 25.5 Å². The standard InChI is InChI=1S/C12H16N6/c1-3-10(7-13-4-1)15-8-11-12-9-14-5-2-6-18(12)17-16-11/h1,3-4,7,14-15H,2,5-6,8-9H2. The van der Waals surface area contributed by atoms with Crippen molar-refractivity contribution in [2.45, 2.75) is 26.1 Å². The molecule has 0 aromatic carbocycles. The fraction of sp³-hybridized carbons (Fsp3) is 0.417. The molecular formula is C12H16N6. The summed E-state index contributed by atoms with van der Waals surface area (Å²) >= 11 is 0. The second kappa shape index (κ2) is 5.14. The van der Waals surface area contributed by atoms with Gasteiger partial charge in [-0.2, -0.15) is 0 Å². The lowest BCUT2D eigenvalue weighted by Crippen LogP contribution is -2.14. The molecular weight excluding hydrogens is 228 g/mol. The minimum atomic E-state index is 0.683. The Kier molecular flexibility index (Phi) is 3.18. The molecule has 2 aromatic heterocycles. The Morgan fingerprint density at radius 3 is 3.33 bits per heavy atom. The molecule has 6 nitrogen and oxygen atoms in total. The van der Waals surface area contributed by atoms with Gasteiger partial charge in [0.05, 0.1) is 17.9 Å². The van der Waals surface area contributed by atoms with Crippen LogP contribution in [-0.4, -0.2) is 26.5 Å². The molecule has 1 aliphatic heterocycles. The molecule has 0 radical (unpaired) electrons. The van der Waals surface area contributed by atoms with Crippen LogP contribution in [0.5, 0.6) is 0 Å². The van der Waals surface area contributed by atoms with Gasteiger partial charge in [0.1, 0.15) is 5.69 Å². The largest absolute Gasteiger partial charge is 0.378 e. The van der Waals surface area contributed by atoms with Gasteiger partial charge in [0.15, 0.2) is 0 Å². The van der Waals surface area contributed by atoms with Crippen molar-refractivity contribution in [1.29, 1.82) is 0 Å². The highest BCUT2D eigenvalue weighted by Gasteiger charge is 2.14. The van der Waals surface area contributed by atoms with E-state index in [2.05, 4.69) is 25.9 Å². The summed E-state index contributed by atoms with van der Waals surface area (Å²) in [4.78, 5) is 4.07. The molecule has 0 amide bonds. The third-order valence-electron chi connectivity index (χ3n) is 3.06. The van der Waals surface area contributed by atoms with E-state index in [1.54, 1.807) is 12.4 Å². The monoisotopic (exact) mass is 244 g/mol. The number of anilines is 1. The topological polar surface area (TPSA) is 67.7 Å². The Morgan fingerprint density at radius 2 is 2.44 bits per heavy atom. The SMILES string of the molecule is c1cncc(NCc2nnn3c2CNCCC3)c1. The van der Waals surface area contributed by atoms with Gasteiger partial charge in [-0.1, -0.05) is 5.21 Å². The van der Waals surface area contributed by atoms with Crippen LogP contribution in [0, 0.1) is 0 Å². The van der Waals surface area contributed by atoms with Crippen LogP contribution >= 0.6 is 0 Å². The van der Waals surface area contributed by atoms with Crippen molar-refractivity contribution in [2.24, 2.45) is 0 Å². The summed E-state index contributed by atoms with van der Waals surface area (Å²) in [6, 6.07) is 3.91. The molecule has 2 N–H and O–H groups in total. The molecule has 18 heavy (non-hydrogen) atoms. The van der Waals surface area contributed by atoms with Gasteiger partial charge >= 0.3 is 0 Å². The van der Waals surface area contributed by atoms with Crippen LogP contribution in [0.15, 0.2) is 24.5 Å². The summed E-state index contributed by atoms with van der Waals surface area (Å²) in [6.07, 6.45) is 4.67. The minimum absolute atomic E-state index is 0.683. The second-order valence-corrected chi connectivity index (χ2v) is 4.33. The van der Waals surface area contributed by atoms with Gasteiger partial charge < -0.3 is 10.6 Å². The maximum Gasteiger partial charge on any atom is 0.106 e. The van der Waals surface area contributed by atoms with E-state index in [-0.39, 0.29) is 0 Å². The molecule has 0 spiro atoms. The third kappa shape index (κ3) is 2.33. The molecule has 0 fully saturated rings. The van der Waals surface area contributed by atoms with E-state index in [0.717, 1.165) is 37.4 Å². The molecule has 0 atom stereocenters. The van der Waals surface area contributed by atoms with Crippen molar-refractivity contribution >= 4 is 5.69 Å². The van der Waals surface area contributed by atoms with E-state index in [9.17, 15) is 0 Å². The highest BCUT2D eigenvalue weighted by molar-refractivity contribution is 5.40. The zero-order valence-electron chi connectivity index (χ0n) is 10.1. The first kappa shape index (κ1) is 11.2.